The smallest absolute Gasteiger partial charge is 0.287 e. The molecule has 8 nitrogen and oxygen atoms in total. The Morgan fingerprint density at radius 3 is 2.77 bits per heavy atom. The summed E-state index contributed by atoms with van der Waals surface area (Å²) in [6.07, 6.45) is 0. The normalized spacial score (nSPS) is 12.3. The quantitative estimate of drug-likeness (QED) is 0.662. The van der Waals surface area contributed by atoms with Crippen LogP contribution in [0.5, 0.6) is 0 Å². The zero-order chi connectivity index (χ0) is 15.7. The molecule has 0 spiro atoms. The highest BCUT2D eigenvalue weighted by molar-refractivity contribution is 5.92. The molecule has 3 rings (SSSR count). The molecule has 22 heavy (non-hydrogen) atoms. The Morgan fingerprint density at radius 1 is 1.27 bits per heavy atom. The van der Waals surface area contributed by atoms with E-state index in [4.69, 9.17) is 0 Å². The van der Waals surface area contributed by atoms with Crippen molar-refractivity contribution in [2.45, 2.75) is 19.9 Å². The number of amides is 1. The van der Waals surface area contributed by atoms with Gasteiger partial charge in [-0.1, -0.05) is 12.1 Å². The van der Waals surface area contributed by atoms with Crippen LogP contribution in [0.3, 0.4) is 0 Å². The van der Waals surface area contributed by atoms with E-state index in [0.29, 0.717) is 22.6 Å². The number of aromatic amines is 2. The van der Waals surface area contributed by atoms with Gasteiger partial charge in [0, 0.05) is 0 Å². The SMILES string of the molecule is Cc1nc([C@@H](C)NC(=O)c2nc3ccccc3c(=O)[nH]2)n[nH]1. The van der Waals surface area contributed by atoms with Crippen LogP contribution in [0.1, 0.15) is 35.2 Å². The third kappa shape index (κ3) is 2.58. The molecule has 2 heterocycles. The van der Waals surface area contributed by atoms with E-state index in [1.165, 1.54) is 0 Å². The van der Waals surface area contributed by atoms with Crippen molar-refractivity contribution in [2.75, 3.05) is 0 Å². The number of H-pyrrole nitrogens is 2. The molecule has 1 aromatic carbocycles. The van der Waals surface area contributed by atoms with Crippen LogP contribution in [0.2, 0.25) is 0 Å². The Balaban J connectivity index is 1.87. The van der Waals surface area contributed by atoms with Crippen LogP contribution in [-0.2, 0) is 0 Å². The number of carbonyl (C=O) groups is 1. The highest BCUT2D eigenvalue weighted by atomic mass is 16.2. The number of hydrogen-bond donors (Lipinski definition) is 3. The van der Waals surface area contributed by atoms with Crippen molar-refractivity contribution < 1.29 is 4.79 Å². The molecule has 0 saturated heterocycles. The van der Waals surface area contributed by atoms with Crippen molar-refractivity contribution in [3.05, 3.63) is 52.1 Å². The van der Waals surface area contributed by atoms with E-state index in [0.717, 1.165) is 0 Å². The third-order valence-corrected chi connectivity index (χ3v) is 3.18. The van der Waals surface area contributed by atoms with Crippen molar-refractivity contribution in [2.24, 2.45) is 0 Å². The van der Waals surface area contributed by atoms with Crippen LogP contribution < -0.4 is 10.9 Å². The topological polar surface area (TPSA) is 116 Å². The van der Waals surface area contributed by atoms with Crippen molar-refractivity contribution in [1.82, 2.24) is 30.5 Å². The molecule has 0 fully saturated rings. The predicted octanol–water partition coefficient (Wildman–Crippen LogP) is 0.841. The second-order valence-electron chi connectivity index (χ2n) is 4.91. The molecule has 0 unspecified atom stereocenters. The molecular weight excluding hydrogens is 284 g/mol. The molecule has 112 valence electrons. The Bertz CT molecular complexity index is 897. The number of para-hydroxylation sites is 1. The summed E-state index contributed by atoms with van der Waals surface area (Å²) >= 11 is 0. The second kappa shape index (κ2) is 5.40. The average molecular weight is 298 g/mol. The molecule has 0 bridgehead atoms. The summed E-state index contributed by atoms with van der Waals surface area (Å²) in [5, 5.41) is 9.84. The number of aryl methyl sites for hydroxylation is 1. The maximum atomic E-state index is 12.2. The number of hydrogen-bond acceptors (Lipinski definition) is 5. The second-order valence-corrected chi connectivity index (χ2v) is 4.91. The molecular formula is C14H14N6O2. The number of carbonyl (C=O) groups excluding carboxylic acids is 1. The average Bonchev–Trinajstić information content (AvgIpc) is 2.94. The Labute approximate surface area is 125 Å². The van der Waals surface area contributed by atoms with Gasteiger partial charge in [0.15, 0.2) is 11.6 Å². The highest BCUT2D eigenvalue weighted by Gasteiger charge is 2.17. The van der Waals surface area contributed by atoms with Gasteiger partial charge in [-0.15, -0.1) is 0 Å². The summed E-state index contributed by atoms with van der Waals surface area (Å²) in [6, 6.07) is 6.43. The zero-order valence-corrected chi connectivity index (χ0v) is 12.0. The first-order chi connectivity index (χ1) is 10.5. The van der Waals surface area contributed by atoms with Crippen LogP contribution in [-0.4, -0.2) is 31.1 Å². The maximum Gasteiger partial charge on any atom is 0.287 e. The standard InChI is InChI=1S/C14H14N6O2/c1-7(11-16-8(2)19-20-11)15-14(22)12-17-10-6-4-3-5-9(10)13(21)18-12/h3-7H,1-2H3,(H,15,22)(H,16,19,20)(H,17,18,21)/t7-/m1/s1. The van der Waals surface area contributed by atoms with Gasteiger partial charge in [-0.25, -0.2) is 9.97 Å². The van der Waals surface area contributed by atoms with Gasteiger partial charge in [-0.05, 0) is 26.0 Å². The zero-order valence-electron chi connectivity index (χ0n) is 12.0. The fraction of sp³-hybridized carbons (Fsp3) is 0.214. The first-order valence-corrected chi connectivity index (χ1v) is 6.73. The lowest BCUT2D eigenvalue weighted by Gasteiger charge is -2.10. The predicted molar refractivity (Wildman–Crippen MR) is 79.4 cm³/mol. The molecule has 8 heteroatoms. The van der Waals surface area contributed by atoms with E-state index in [1.54, 1.807) is 38.1 Å². The number of benzene rings is 1. The van der Waals surface area contributed by atoms with Gasteiger partial charge < -0.3 is 10.3 Å². The van der Waals surface area contributed by atoms with Crippen LogP contribution in [0.15, 0.2) is 29.1 Å². The van der Waals surface area contributed by atoms with Gasteiger partial charge >= 0.3 is 0 Å². The van der Waals surface area contributed by atoms with Gasteiger partial charge in [0.1, 0.15) is 5.82 Å². The molecule has 3 N–H and O–H groups in total. The first kappa shape index (κ1) is 13.9. The lowest BCUT2D eigenvalue weighted by Crippen LogP contribution is -2.30. The summed E-state index contributed by atoms with van der Waals surface area (Å²) in [4.78, 5) is 35.0. The molecule has 2 aromatic heterocycles. The number of nitrogens with one attached hydrogen (secondary N) is 3. The Morgan fingerprint density at radius 2 is 2.05 bits per heavy atom. The fourth-order valence-electron chi connectivity index (χ4n) is 2.08. The Kier molecular flexibility index (Phi) is 3.42. The molecule has 3 aromatic rings. The van der Waals surface area contributed by atoms with Gasteiger partial charge in [0.2, 0.25) is 0 Å². The minimum Gasteiger partial charge on any atom is -0.340 e. The van der Waals surface area contributed by atoms with E-state index in [9.17, 15) is 9.59 Å². The molecule has 1 atom stereocenters. The summed E-state index contributed by atoms with van der Waals surface area (Å²) in [5.41, 5.74) is 0.120. The number of rotatable bonds is 3. The highest BCUT2D eigenvalue weighted by Crippen LogP contribution is 2.08. The first-order valence-electron chi connectivity index (χ1n) is 6.73. The van der Waals surface area contributed by atoms with Gasteiger partial charge in [-0.2, -0.15) is 5.10 Å². The summed E-state index contributed by atoms with van der Waals surface area (Å²) in [6.45, 7) is 3.52. The molecule has 1 amide bonds. The molecule has 0 aliphatic carbocycles. The number of fused-ring (bicyclic) bond motifs is 1. The Hall–Kier alpha value is -3.03. The molecule has 0 saturated carbocycles. The molecule has 0 radical (unpaired) electrons. The monoisotopic (exact) mass is 298 g/mol. The lowest BCUT2D eigenvalue weighted by molar-refractivity contribution is 0.0928. The summed E-state index contributed by atoms with van der Waals surface area (Å²) in [7, 11) is 0. The van der Waals surface area contributed by atoms with E-state index in [1.807, 2.05) is 0 Å². The van der Waals surface area contributed by atoms with Crippen molar-refractivity contribution in [1.29, 1.82) is 0 Å². The minimum absolute atomic E-state index is 0.0391. The van der Waals surface area contributed by atoms with Crippen molar-refractivity contribution in [3.63, 3.8) is 0 Å². The summed E-state index contributed by atoms with van der Waals surface area (Å²) in [5.74, 6) is 0.600. The van der Waals surface area contributed by atoms with Crippen LogP contribution in [0.25, 0.3) is 10.9 Å². The van der Waals surface area contributed by atoms with Crippen LogP contribution >= 0.6 is 0 Å². The van der Waals surface area contributed by atoms with Crippen LogP contribution in [0, 0.1) is 6.92 Å². The van der Waals surface area contributed by atoms with Crippen molar-refractivity contribution >= 4 is 16.8 Å². The molecule has 0 aliphatic rings. The number of nitrogens with zero attached hydrogens (tertiary/aromatic N) is 3. The van der Waals surface area contributed by atoms with E-state index in [2.05, 4.69) is 30.5 Å². The van der Waals surface area contributed by atoms with Gasteiger partial charge in [-0.3, -0.25) is 14.7 Å². The molecule has 0 aliphatic heterocycles. The third-order valence-electron chi connectivity index (χ3n) is 3.18. The summed E-state index contributed by atoms with van der Waals surface area (Å²) < 4.78 is 0. The van der Waals surface area contributed by atoms with E-state index < -0.39 is 11.9 Å². The maximum absolute atomic E-state index is 12.2. The largest absolute Gasteiger partial charge is 0.340 e. The van der Waals surface area contributed by atoms with E-state index >= 15 is 0 Å². The van der Waals surface area contributed by atoms with E-state index in [-0.39, 0.29) is 11.4 Å². The van der Waals surface area contributed by atoms with Crippen molar-refractivity contribution in [3.8, 4) is 0 Å². The van der Waals surface area contributed by atoms with Gasteiger partial charge in [0.05, 0.1) is 16.9 Å². The van der Waals surface area contributed by atoms with Crippen LogP contribution in [0.4, 0.5) is 0 Å². The lowest BCUT2D eigenvalue weighted by atomic mass is 10.2. The van der Waals surface area contributed by atoms with Gasteiger partial charge in [0.25, 0.3) is 11.5 Å². The minimum atomic E-state index is -0.488. The fourth-order valence-corrected chi connectivity index (χ4v) is 2.08. The number of aromatic nitrogens is 5.